The number of rotatable bonds is 3. The van der Waals surface area contributed by atoms with Crippen LogP contribution in [0.3, 0.4) is 0 Å². The van der Waals surface area contributed by atoms with Gasteiger partial charge in [-0.25, -0.2) is 0 Å². The van der Waals surface area contributed by atoms with Gasteiger partial charge in [0.05, 0.1) is 12.1 Å². The zero-order valence-electron chi connectivity index (χ0n) is 11.6. The minimum atomic E-state index is -0.927. The van der Waals surface area contributed by atoms with E-state index in [2.05, 4.69) is 0 Å². The Bertz CT molecular complexity index is 725. The van der Waals surface area contributed by atoms with E-state index >= 15 is 0 Å². The fraction of sp³-hybridized carbons (Fsp3) is 0.250. The van der Waals surface area contributed by atoms with Crippen LogP contribution >= 0.6 is 0 Å². The average molecular weight is 285 g/mol. The number of carboxylic acids is 1. The average Bonchev–Trinajstić information content (AvgIpc) is 2.47. The summed E-state index contributed by atoms with van der Waals surface area (Å²) in [6.45, 7) is 1.83. The molecule has 5 heteroatoms. The molecule has 1 N–H and O–H groups in total. The summed E-state index contributed by atoms with van der Waals surface area (Å²) < 4.78 is 5.76. The van der Waals surface area contributed by atoms with Crippen molar-refractivity contribution in [1.82, 2.24) is 0 Å². The second kappa shape index (κ2) is 5.09. The highest BCUT2D eigenvalue weighted by atomic mass is 16.5. The Balaban J connectivity index is 2.10. The fourth-order valence-electron chi connectivity index (χ4n) is 2.57. The van der Waals surface area contributed by atoms with E-state index in [1.807, 2.05) is 36.4 Å². The molecule has 0 spiro atoms. The van der Waals surface area contributed by atoms with Crippen molar-refractivity contribution in [2.45, 2.75) is 19.4 Å². The molecular formula is C16H15NO4. The number of aliphatic carboxylic acids is 1. The topological polar surface area (TPSA) is 66.8 Å². The standard InChI is InChI=1S/C16H15NO4/c1-10-16(20)17(9-8-14(18)19)13-7-6-11-4-2-3-5-12(11)15(13)21-10/h2-7,10H,8-9H2,1H3,(H,18,19). The minimum Gasteiger partial charge on any atom is -0.481 e. The predicted octanol–water partition coefficient (Wildman–Crippen LogP) is 2.43. The Morgan fingerprint density at radius 3 is 2.81 bits per heavy atom. The molecule has 0 saturated heterocycles. The SMILES string of the molecule is CC1Oc2c(ccc3ccccc23)N(CCC(=O)O)C1=O. The van der Waals surface area contributed by atoms with Gasteiger partial charge < -0.3 is 14.7 Å². The quantitative estimate of drug-likeness (QED) is 0.940. The van der Waals surface area contributed by atoms with Crippen LogP contribution in [0.5, 0.6) is 5.75 Å². The van der Waals surface area contributed by atoms with Crippen molar-refractivity contribution in [2.24, 2.45) is 0 Å². The number of carbonyl (C=O) groups excluding carboxylic acids is 1. The van der Waals surface area contributed by atoms with Crippen LogP contribution in [0.15, 0.2) is 36.4 Å². The molecule has 1 unspecified atom stereocenters. The maximum Gasteiger partial charge on any atom is 0.305 e. The van der Waals surface area contributed by atoms with Crippen molar-refractivity contribution in [3.05, 3.63) is 36.4 Å². The number of fused-ring (bicyclic) bond motifs is 3. The smallest absolute Gasteiger partial charge is 0.305 e. The summed E-state index contributed by atoms with van der Waals surface area (Å²) in [6, 6.07) is 11.5. The first-order valence-electron chi connectivity index (χ1n) is 6.79. The first kappa shape index (κ1) is 13.4. The van der Waals surface area contributed by atoms with Crippen LogP contribution < -0.4 is 9.64 Å². The van der Waals surface area contributed by atoms with Gasteiger partial charge in [-0.05, 0) is 18.4 Å². The maximum absolute atomic E-state index is 12.2. The Morgan fingerprint density at radius 1 is 1.29 bits per heavy atom. The number of benzene rings is 2. The zero-order valence-corrected chi connectivity index (χ0v) is 11.6. The van der Waals surface area contributed by atoms with E-state index in [0.717, 1.165) is 10.8 Å². The first-order chi connectivity index (χ1) is 10.1. The lowest BCUT2D eigenvalue weighted by Gasteiger charge is -2.33. The summed E-state index contributed by atoms with van der Waals surface area (Å²) in [6.07, 6.45) is -0.706. The number of hydrogen-bond acceptors (Lipinski definition) is 3. The van der Waals surface area contributed by atoms with Gasteiger partial charge in [0.1, 0.15) is 0 Å². The lowest BCUT2D eigenvalue weighted by Crippen LogP contribution is -2.45. The number of anilines is 1. The van der Waals surface area contributed by atoms with Crippen molar-refractivity contribution in [3.63, 3.8) is 0 Å². The molecule has 1 aliphatic heterocycles. The van der Waals surface area contributed by atoms with Crippen molar-refractivity contribution in [2.75, 3.05) is 11.4 Å². The third-order valence-electron chi connectivity index (χ3n) is 3.61. The van der Waals surface area contributed by atoms with Crippen molar-refractivity contribution >= 4 is 28.3 Å². The highest BCUT2D eigenvalue weighted by Gasteiger charge is 2.32. The molecule has 1 heterocycles. The van der Waals surface area contributed by atoms with Gasteiger partial charge in [0.25, 0.3) is 5.91 Å². The number of carboxylic acid groups (broad SMARTS) is 1. The molecule has 0 saturated carbocycles. The summed E-state index contributed by atoms with van der Waals surface area (Å²) >= 11 is 0. The molecule has 5 nitrogen and oxygen atoms in total. The molecule has 1 amide bonds. The number of carbonyl (C=O) groups is 2. The molecule has 108 valence electrons. The van der Waals surface area contributed by atoms with E-state index in [1.54, 1.807) is 6.92 Å². The molecule has 0 radical (unpaired) electrons. The number of nitrogens with zero attached hydrogens (tertiary/aromatic N) is 1. The molecule has 0 bridgehead atoms. The van der Waals surface area contributed by atoms with Crippen LogP contribution in [0.2, 0.25) is 0 Å². The highest BCUT2D eigenvalue weighted by molar-refractivity contribution is 6.05. The second-order valence-electron chi connectivity index (χ2n) is 5.03. The Hall–Kier alpha value is -2.56. The second-order valence-corrected chi connectivity index (χ2v) is 5.03. The van der Waals surface area contributed by atoms with E-state index in [9.17, 15) is 9.59 Å². The zero-order chi connectivity index (χ0) is 15.0. The number of ether oxygens (including phenoxy) is 1. The van der Waals surface area contributed by atoms with E-state index in [-0.39, 0.29) is 18.9 Å². The van der Waals surface area contributed by atoms with Gasteiger partial charge in [-0.3, -0.25) is 9.59 Å². The Labute approximate surface area is 121 Å². The number of amides is 1. The molecule has 2 aromatic carbocycles. The van der Waals surface area contributed by atoms with Gasteiger partial charge in [0, 0.05) is 11.9 Å². The van der Waals surface area contributed by atoms with Crippen molar-refractivity contribution < 1.29 is 19.4 Å². The van der Waals surface area contributed by atoms with Crippen LogP contribution in [0.4, 0.5) is 5.69 Å². The minimum absolute atomic E-state index is 0.0925. The van der Waals surface area contributed by atoms with Crippen LogP contribution in [0, 0.1) is 0 Å². The third kappa shape index (κ3) is 2.31. The van der Waals surface area contributed by atoms with Gasteiger partial charge in [0.2, 0.25) is 0 Å². The fourth-order valence-corrected chi connectivity index (χ4v) is 2.57. The van der Waals surface area contributed by atoms with E-state index in [4.69, 9.17) is 9.84 Å². The van der Waals surface area contributed by atoms with Gasteiger partial charge in [-0.15, -0.1) is 0 Å². The largest absolute Gasteiger partial charge is 0.481 e. The maximum atomic E-state index is 12.2. The lowest BCUT2D eigenvalue weighted by molar-refractivity contribution is -0.136. The lowest BCUT2D eigenvalue weighted by atomic mass is 10.1. The molecule has 1 aliphatic rings. The van der Waals surface area contributed by atoms with E-state index < -0.39 is 12.1 Å². The van der Waals surface area contributed by atoms with Gasteiger partial charge in [-0.2, -0.15) is 0 Å². The molecule has 0 aliphatic carbocycles. The molecule has 21 heavy (non-hydrogen) atoms. The van der Waals surface area contributed by atoms with Crippen LogP contribution in [-0.2, 0) is 9.59 Å². The normalized spacial score (nSPS) is 17.5. The molecular weight excluding hydrogens is 270 g/mol. The molecule has 3 rings (SSSR count). The van der Waals surface area contributed by atoms with E-state index in [0.29, 0.717) is 11.4 Å². The van der Waals surface area contributed by atoms with Crippen molar-refractivity contribution in [1.29, 1.82) is 0 Å². The molecule has 0 fully saturated rings. The Kier molecular flexibility index (Phi) is 3.25. The van der Waals surface area contributed by atoms with Crippen molar-refractivity contribution in [3.8, 4) is 5.75 Å². The van der Waals surface area contributed by atoms with Crippen LogP contribution in [-0.4, -0.2) is 29.6 Å². The Morgan fingerprint density at radius 2 is 2.05 bits per heavy atom. The predicted molar refractivity (Wildman–Crippen MR) is 78.6 cm³/mol. The first-order valence-corrected chi connectivity index (χ1v) is 6.79. The van der Waals surface area contributed by atoms with Gasteiger partial charge in [-0.1, -0.05) is 30.3 Å². The van der Waals surface area contributed by atoms with E-state index in [1.165, 1.54) is 4.90 Å². The summed E-state index contributed by atoms with van der Waals surface area (Å²) in [5.74, 6) is -0.492. The summed E-state index contributed by atoms with van der Waals surface area (Å²) in [7, 11) is 0. The molecule has 1 atom stereocenters. The number of hydrogen-bond donors (Lipinski definition) is 1. The molecule has 0 aromatic heterocycles. The summed E-state index contributed by atoms with van der Waals surface area (Å²) in [5, 5.41) is 10.8. The van der Waals surface area contributed by atoms with Gasteiger partial charge >= 0.3 is 5.97 Å². The monoisotopic (exact) mass is 285 g/mol. The third-order valence-corrected chi connectivity index (χ3v) is 3.61. The summed E-state index contributed by atoms with van der Waals surface area (Å²) in [5.41, 5.74) is 0.637. The summed E-state index contributed by atoms with van der Waals surface area (Å²) in [4.78, 5) is 24.5. The van der Waals surface area contributed by atoms with Gasteiger partial charge in [0.15, 0.2) is 11.9 Å². The van der Waals surface area contributed by atoms with Crippen LogP contribution in [0.25, 0.3) is 10.8 Å². The van der Waals surface area contributed by atoms with Crippen LogP contribution in [0.1, 0.15) is 13.3 Å². The highest BCUT2D eigenvalue weighted by Crippen LogP contribution is 2.40. The molecule has 2 aromatic rings.